The van der Waals surface area contributed by atoms with E-state index in [1.165, 1.54) is 0 Å². The van der Waals surface area contributed by atoms with Crippen molar-refractivity contribution < 1.29 is 14.6 Å². The molecule has 4 rings (SSSR count). The summed E-state index contributed by atoms with van der Waals surface area (Å²) in [5.74, 6) is 0.582. The molecule has 0 radical (unpaired) electrons. The molecule has 32 heavy (non-hydrogen) atoms. The van der Waals surface area contributed by atoms with Crippen LogP contribution in [-0.4, -0.2) is 58.0 Å². The van der Waals surface area contributed by atoms with Crippen LogP contribution in [0, 0.1) is 0 Å². The van der Waals surface area contributed by atoms with Crippen LogP contribution in [-0.2, 0) is 18.3 Å². The molecule has 168 valence electrons. The summed E-state index contributed by atoms with van der Waals surface area (Å²) in [6, 6.07) is 12.8. The lowest BCUT2D eigenvalue weighted by Gasteiger charge is -2.35. The molecule has 2 aromatic carbocycles. The van der Waals surface area contributed by atoms with Crippen LogP contribution in [0.2, 0.25) is 5.02 Å². The maximum atomic E-state index is 12.6. The standard InChI is InChI=1S/C23H24BrClN4O3/c1-28-23(20(24)12-26-28)19-11-17(27-22(31)10-15-2-4-16(25)5-3-15)6-7-21(19)32-9-8-29-13-18(30)14-29/h2-7,11-12,18,30H,8-10,13-14H2,1H3,(H,27,31). The van der Waals surface area contributed by atoms with Gasteiger partial charge in [0.1, 0.15) is 12.4 Å². The molecule has 1 fully saturated rings. The Morgan fingerprint density at radius 2 is 2.03 bits per heavy atom. The predicted octanol–water partition coefficient (Wildman–Crippen LogP) is 3.74. The number of amides is 1. The Morgan fingerprint density at radius 3 is 2.69 bits per heavy atom. The number of aliphatic hydroxyl groups is 1. The van der Waals surface area contributed by atoms with Gasteiger partial charge in [-0.3, -0.25) is 14.4 Å². The number of ether oxygens (including phenoxy) is 1. The minimum Gasteiger partial charge on any atom is -0.492 e. The zero-order valence-corrected chi connectivity index (χ0v) is 19.9. The topological polar surface area (TPSA) is 79.6 Å². The Bertz CT molecular complexity index is 1080. The predicted molar refractivity (Wildman–Crippen MR) is 128 cm³/mol. The molecule has 1 aromatic heterocycles. The molecule has 0 spiro atoms. The number of aromatic nitrogens is 2. The van der Waals surface area contributed by atoms with E-state index >= 15 is 0 Å². The molecule has 7 nitrogen and oxygen atoms in total. The van der Waals surface area contributed by atoms with E-state index in [0.717, 1.165) is 27.8 Å². The summed E-state index contributed by atoms with van der Waals surface area (Å²) >= 11 is 9.48. The second kappa shape index (κ2) is 10.0. The monoisotopic (exact) mass is 518 g/mol. The van der Waals surface area contributed by atoms with Crippen LogP contribution < -0.4 is 10.1 Å². The first-order chi connectivity index (χ1) is 15.4. The molecule has 0 aliphatic carbocycles. The van der Waals surface area contributed by atoms with Crippen LogP contribution in [0.3, 0.4) is 0 Å². The highest BCUT2D eigenvalue weighted by atomic mass is 79.9. The number of hydrogen-bond donors (Lipinski definition) is 2. The van der Waals surface area contributed by atoms with Gasteiger partial charge in [-0.1, -0.05) is 23.7 Å². The van der Waals surface area contributed by atoms with Crippen molar-refractivity contribution in [3.8, 4) is 17.0 Å². The first-order valence-corrected chi connectivity index (χ1v) is 11.5. The molecule has 0 bridgehead atoms. The van der Waals surface area contributed by atoms with Crippen molar-refractivity contribution in [3.63, 3.8) is 0 Å². The van der Waals surface area contributed by atoms with Gasteiger partial charge in [0.2, 0.25) is 5.91 Å². The minimum absolute atomic E-state index is 0.118. The lowest BCUT2D eigenvalue weighted by atomic mass is 10.1. The number of nitrogens with zero attached hydrogens (tertiary/aromatic N) is 3. The number of carbonyl (C=O) groups is 1. The number of hydrogen-bond acceptors (Lipinski definition) is 5. The second-order valence-electron chi connectivity index (χ2n) is 7.79. The molecule has 1 aliphatic heterocycles. The molecule has 1 saturated heterocycles. The van der Waals surface area contributed by atoms with Crippen molar-refractivity contribution >= 4 is 39.1 Å². The van der Waals surface area contributed by atoms with Crippen LogP contribution in [0.15, 0.2) is 53.1 Å². The summed E-state index contributed by atoms with van der Waals surface area (Å²) in [5.41, 5.74) is 3.24. The maximum Gasteiger partial charge on any atom is 0.228 e. The van der Waals surface area contributed by atoms with E-state index in [1.807, 2.05) is 37.4 Å². The van der Waals surface area contributed by atoms with Crippen molar-refractivity contribution in [1.29, 1.82) is 0 Å². The van der Waals surface area contributed by atoms with E-state index in [2.05, 4.69) is 31.2 Å². The van der Waals surface area contributed by atoms with E-state index in [0.29, 0.717) is 36.2 Å². The second-order valence-corrected chi connectivity index (χ2v) is 9.08. The number of carbonyl (C=O) groups excluding carboxylic acids is 1. The van der Waals surface area contributed by atoms with E-state index in [9.17, 15) is 9.90 Å². The first kappa shape index (κ1) is 22.8. The smallest absolute Gasteiger partial charge is 0.228 e. The van der Waals surface area contributed by atoms with E-state index < -0.39 is 0 Å². The van der Waals surface area contributed by atoms with Crippen LogP contribution >= 0.6 is 27.5 Å². The van der Waals surface area contributed by atoms with Crippen molar-refractivity contribution in [3.05, 3.63) is 63.7 Å². The Balaban J connectivity index is 1.50. The molecular formula is C23H24BrClN4O3. The van der Waals surface area contributed by atoms with E-state index in [-0.39, 0.29) is 18.4 Å². The molecule has 2 N–H and O–H groups in total. The molecule has 1 amide bonds. The maximum absolute atomic E-state index is 12.6. The number of likely N-dealkylation sites (tertiary alicyclic amines) is 1. The molecule has 0 atom stereocenters. The first-order valence-electron chi connectivity index (χ1n) is 10.3. The minimum atomic E-state index is -0.230. The Hall–Kier alpha value is -2.39. The molecule has 0 saturated carbocycles. The fourth-order valence-corrected chi connectivity index (χ4v) is 4.32. The van der Waals surface area contributed by atoms with Crippen LogP contribution in [0.5, 0.6) is 5.75 Å². The van der Waals surface area contributed by atoms with Crippen molar-refractivity contribution in [2.24, 2.45) is 7.05 Å². The zero-order valence-electron chi connectivity index (χ0n) is 17.6. The van der Waals surface area contributed by atoms with Gasteiger partial charge in [0.05, 0.1) is 28.9 Å². The number of β-amino-alcohol motifs (C(OH)–C–C–N with tert-alkyl or cyclic N) is 1. The van der Waals surface area contributed by atoms with Crippen molar-refractivity contribution in [2.45, 2.75) is 12.5 Å². The highest BCUT2D eigenvalue weighted by molar-refractivity contribution is 9.10. The van der Waals surface area contributed by atoms with Gasteiger partial charge in [-0.25, -0.2) is 0 Å². The van der Waals surface area contributed by atoms with Gasteiger partial charge in [-0.15, -0.1) is 0 Å². The highest BCUT2D eigenvalue weighted by Crippen LogP contribution is 2.36. The number of anilines is 1. The van der Waals surface area contributed by atoms with Crippen LogP contribution in [0.1, 0.15) is 5.56 Å². The zero-order chi connectivity index (χ0) is 22.7. The van der Waals surface area contributed by atoms with Gasteiger partial charge in [-0.05, 0) is 51.8 Å². The summed E-state index contributed by atoms with van der Waals surface area (Å²) in [6.45, 7) is 2.60. The van der Waals surface area contributed by atoms with Gasteiger partial charge in [0.25, 0.3) is 0 Å². The number of nitrogens with one attached hydrogen (secondary N) is 1. The summed E-state index contributed by atoms with van der Waals surface area (Å²) in [6.07, 6.45) is 1.75. The SMILES string of the molecule is Cn1ncc(Br)c1-c1cc(NC(=O)Cc2ccc(Cl)cc2)ccc1OCCN1CC(O)C1. The number of halogens is 2. The van der Waals surface area contributed by atoms with Crippen molar-refractivity contribution in [1.82, 2.24) is 14.7 Å². The fourth-order valence-electron chi connectivity index (χ4n) is 3.64. The summed E-state index contributed by atoms with van der Waals surface area (Å²) in [4.78, 5) is 14.7. The Morgan fingerprint density at radius 1 is 1.28 bits per heavy atom. The van der Waals surface area contributed by atoms with Gasteiger partial charge in [0, 0.05) is 43.0 Å². The van der Waals surface area contributed by atoms with Crippen LogP contribution in [0.25, 0.3) is 11.3 Å². The van der Waals surface area contributed by atoms with Gasteiger partial charge >= 0.3 is 0 Å². The molecule has 1 aliphatic rings. The summed E-state index contributed by atoms with van der Waals surface area (Å²) in [5, 5.41) is 17.3. The third kappa shape index (κ3) is 5.50. The Labute approximate surface area is 200 Å². The third-order valence-electron chi connectivity index (χ3n) is 5.29. The normalized spacial score (nSPS) is 14.2. The van der Waals surface area contributed by atoms with Gasteiger partial charge in [0.15, 0.2) is 0 Å². The Kier molecular flexibility index (Phi) is 7.15. The number of rotatable bonds is 8. The number of aryl methyl sites for hydroxylation is 1. The molecule has 0 unspecified atom stereocenters. The lowest BCUT2D eigenvalue weighted by Crippen LogP contribution is -2.51. The molecule has 2 heterocycles. The quantitative estimate of drug-likeness (QED) is 0.474. The van der Waals surface area contributed by atoms with E-state index in [1.54, 1.807) is 23.0 Å². The van der Waals surface area contributed by atoms with Crippen LogP contribution in [0.4, 0.5) is 5.69 Å². The summed E-state index contributed by atoms with van der Waals surface area (Å²) < 4.78 is 8.66. The van der Waals surface area contributed by atoms with Gasteiger partial charge < -0.3 is 15.2 Å². The van der Waals surface area contributed by atoms with E-state index in [4.69, 9.17) is 16.3 Å². The molecule has 3 aromatic rings. The molecular weight excluding hydrogens is 496 g/mol. The third-order valence-corrected chi connectivity index (χ3v) is 6.13. The molecule has 9 heteroatoms. The average molecular weight is 520 g/mol. The van der Waals surface area contributed by atoms with Crippen molar-refractivity contribution in [2.75, 3.05) is 31.6 Å². The summed E-state index contributed by atoms with van der Waals surface area (Å²) in [7, 11) is 1.86. The van der Waals surface area contributed by atoms with Gasteiger partial charge in [-0.2, -0.15) is 5.10 Å². The fraction of sp³-hybridized carbons (Fsp3) is 0.304. The average Bonchev–Trinajstić information content (AvgIpc) is 3.07. The highest BCUT2D eigenvalue weighted by Gasteiger charge is 2.24. The lowest BCUT2D eigenvalue weighted by molar-refractivity contribution is -0.115. The number of benzene rings is 2. The largest absolute Gasteiger partial charge is 0.492 e. The number of aliphatic hydroxyl groups excluding tert-OH is 1.